The molecular weight excluding hydrogens is 303 g/mol. The molecule has 0 aliphatic heterocycles. The minimum Gasteiger partial charge on any atom is -0.333 e. The fourth-order valence-corrected chi connectivity index (χ4v) is 1.84. The van der Waals surface area contributed by atoms with Crippen molar-refractivity contribution in [2.75, 3.05) is 0 Å². The Hall–Kier alpha value is -1.92. The van der Waals surface area contributed by atoms with Gasteiger partial charge < -0.3 is 4.57 Å². The first-order valence-electron chi connectivity index (χ1n) is 6.75. The van der Waals surface area contributed by atoms with Gasteiger partial charge in [-0.05, 0) is 5.56 Å². The van der Waals surface area contributed by atoms with E-state index in [0.29, 0.717) is 11.1 Å². The Bertz CT molecular complexity index is 585. The lowest BCUT2D eigenvalue weighted by Gasteiger charge is -2.04. The number of hydrogen-bond acceptors (Lipinski definition) is 1. The van der Waals surface area contributed by atoms with Gasteiger partial charge in [0, 0.05) is 25.2 Å². The van der Waals surface area contributed by atoms with Crippen molar-refractivity contribution in [3.05, 3.63) is 41.7 Å². The zero-order valence-electron chi connectivity index (χ0n) is 12.5. The molecule has 22 heavy (non-hydrogen) atoms. The van der Waals surface area contributed by atoms with Crippen molar-refractivity contribution in [3.63, 3.8) is 0 Å². The van der Waals surface area contributed by atoms with E-state index in [1.165, 1.54) is 35.9 Å². The summed E-state index contributed by atoms with van der Waals surface area (Å²) in [5, 5.41) is 0. The van der Waals surface area contributed by atoms with Crippen LogP contribution in [0.5, 0.6) is 0 Å². The normalized spacial score (nSPS) is 11.3. The van der Waals surface area contributed by atoms with Gasteiger partial charge in [-0.2, -0.15) is 13.2 Å². The van der Waals surface area contributed by atoms with Gasteiger partial charge in [-0.15, -0.1) is 0 Å². The molecule has 1 aromatic carbocycles. The zero-order chi connectivity index (χ0) is 16.9. The van der Waals surface area contributed by atoms with Crippen LogP contribution in [0.25, 0.3) is 11.4 Å². The van der Waals surface area contributed by atoms with E-state index in [1.807, 2.05) is 13.8 Å². The molecule has 0 bridgehead atoms. The molecule has 7 heteroatoms. The SMILES string of the molecule is CC.Cn1cc(C(F)(F)F)nc1-c1ccc(CC(F)F)cc1. The highest BCUT2D eigenvalue weighted by molar-refractivity contribution is 5.56. The maximum absolute atomic E-state index is 12.5. The van der Waals surface area contributed by atoms with Crippen LogP contribution < -0.4 is 0 Å². The molecule has 1 heterocycles. The number of hydrogen-bond donors (Lipinski definition) is 0. The van der Waals surface area contributed by atoms with Gasteiger partial charge in [-0.1, -0.05) is 38.1 Å². The third kappa shape index (κ3) is 4.54. The maximum atomic E-state index is 12.5. The minimum absolute atomic E-state index is 0.140. The standard InChI is InChI=1S/C13H11F5N2.C2H6/c1-20-7-10(13(16,17)18)19-12(20)9-4-2-8(3-5-9)6-11(14)15;1-2/h2-5,7,11H,6H2,1H3;1-2H3. The van der Waals surface area contributed by atoms with Crippen LogP contribution in [0, 0.1) is 0 Å². The number of imidazole rings is 1. The number of halogens is 5. The minimum atomic E-state index is -4.51. The van der Waals surface area contributed by atoms with Crippen LogP contribution in [0.4, 0.5) is 22.0 Å². The second-order valence-corrected chi connectivity index (χ2v) is 4.35. The van der Waals surface area contributed by atoms with Gasteiger partial charge in [0.1, 0.15) is 5.82 Å². The zero-order valence-corrected chi connectivity index (χ0v) is 12.5. The van der Waals surface area contributed by atoms with Crippen molar-refractivity contribution in [2.45, 2.75) is 32.9 Å². The predicted octanol–water partition coefficient (Wildman–Crippen LogP) is 4.94. The molecule has 2 aromatic rings. The van der Waals surface area contributed by atoms with E-state index < -0.39 is 18.3 Å². The van der Waals surface area contributed by atoms with Crippen LogP contribution in [0.15, 0.2) is 30.5 Å². The topological polar surface area (TPSA) is 17.8 Å². The Kier molecular flexibility index (Phi) is 6.08. The Morgan fingerprint density at radius 1 is 1.09 bits per heavy atom. The van der Waals surface area contributed by atoms with Crippen LogP contribution >= 0.6 is 0 Å². The summed E-state index contributed by atoms with van der Waals surface area (Å²) in [6, 6.07) is 5.90. The van der Waals surface area contributed by atoms with Gasteiger partial charge in [0.25, 0.3) is 0 Å². The summed E-state index contributed by atoms with van der Waals surface area (Å²) in [5.74, 6) is 0.140. The van der Waals surface area contributed by atoms with Crippen LogP contribution in [0.1, 0.15) is 25.1 Å². The molecule has 0 aliphatic rings. The smallest absolute Gasteiger partial charge is 0.333 e. The fourth-order valence-electron chi connectivity index (χ4n) is 1.84. The number of nitrogens with zero attached hydrogens (tertiary/aromatic N) is 2. The van der Waals surface area contributed by atoms with E-state index in [9.17, 15) is 22.0 Å². The van der Waals surface area contributed by atoms with Crippen molar-refractivity contribution in [2.24, 2.45) is 7.05 Å². The predicted molar refractivity (Wildman–Crippen MR) is 74.7 cm³/mol. The number of aromatic nitrogens is 2. The molecule has 0 spiro atoms. The van der Waals surface area contributed by atoms with E-state index in [0.717, 1.165) is 6.20 Å². The molecule has 2 nitrogen and oxygen atoms in total. The summed E-state index contributed by atoms with van der Waals surface area (Å²) in [4.78, 5) is 3.53. The van der Waals surface area contributed by atoms with E-state index in [2.05, 4.69) is 4.98 Å². The van der Waals surface area contributed by atoms with Crippen LogP contribution in [0.3, 0.4) is 0 Å². The molecule has 2 rings (SSSR count). The molecule has 0 fully saturated rings. The summed E-state index contributed by atoms with van der Waals surface area (Å²) in [5.41, 5.74) is -0.110. The molecule has 0 aliphatic carbocycles. The summed E-state index contributed by atoms with van der Waals surface area (Å²) in [6.07, 6.45) is -6.45. The quantitative estimate of drug-likeness (QED) is 0.733. The van der Waals surface area contributed by atoms with Crippen LogP contribution in [-0.2, 0) is 19.6 Å². The highest BCUT2D eigenvalue weighted by Gasteiger charge is 2.34. The van der Waals surface area contributed by atoms with E-state index in [1.54, 1.807) is 0 Å². The fraction of sp³-hybridized carbons (Fsp3) is 0.400. The Morgan fingerprint density at radius 2 is 1.64 bits per heavy atom. The van der Waals surface area contributed by atoms with Gasteiger partial charge in [0.05, 0.1) is 0 Å². The van der Waals surface area contributed by atoms with Gasteiger partial charge in [-0.25, -0.2) is 13.8 Å². The summed E-state index contributed by atoms with van der Waals surface area (Å²) in [7, 11) is 1.45. The highest BCUT2D eigenvalue weighted by Crippen LogP contribution is 2.30. The third-order valence-electron chi connectivity index (χ3n) is 2.77. The Balaban J connectivity index is 0.00000116. The molecule has 0 saturated heterocycles. The second-order valence-electron chi connectivity index (χ2n) is 4.35. The van der Waals surface area contributed by atoms with Gasteiger partial charge in [-0.3, -0.25) is 0 Å². The molecule has 0 amide bonds. The van der Waals surface area contributed by atoms with Crippen molar-refractivity contribution >= 4 is 0 Å². The third-order valence-corrected chi connectivity index (χ3v) is 2.77. The van der Waals surface area contributed by atoms with Crippen LogP contribution in [0.2, 0.25) is 0 Å². The van der Waals surface area contributed by atoms with Gasteiger partial charge in [0.15, 0.2) is 5.69 Å². The molecule has 0 saturated carbocycles. The van der Waals surface area contributed by atoms with Crippen molar-refractivity contribution < 1.29 is 22.0 Å². The highest BCUT2D eigenvalue weighted by atomic mass is 19.4. The van der Waals surface area contributed by atoms with Crippen molar-refractivity contribution in [1.29, 1.82) is 0 Å². The monoisotopic (exact) mass is 320 g/mol. The summed E-state index contributed by atoms with van der Waals surface area (Å²) >= 11 is 0. The van der Waals surface area contributed by atoms with Crippen LogP contribution in [-0.4, -0.2) is 16.0 Å². The van der Waals surface area contributed by atoms with Gasteiger partial charge in [0.2, 0.25) is 6.43 Å². The number of rotatable bonds is 3. The largest absolute Gasteiger partial charge is 0.434 e. The lowest BCUT2D eigenvalue weighted by Crippen LogP contribution is -2.04. The lowest BCUT2D eigenvalue weighted by molar-refractivity contribution is -0.140. The molecule has 1 aromatic heterocycles. The lowest BCUT2D eigenvalue weighted by atomic mass is 10.1. The first kappa shape index (κ1) is 18.1. The molecule has 0 radical (unpaired) electrons. The average molecular weight is 320 g/mol. The number of aryl methyl sites for hydroxylation is 1. The number of alkyl halides is 5. The summed E-state index contributed by atoms with van der Waals surface area (Å²) in [6.45, 7) is 4.00. The molecule has 0 unspecified atom stereocenters. The van der Waals surface area contributed by atoms with Gasteiger partial charge >= 0.3 is 6.18 Å². The average Bonchev–Trinajstić information content (AvgIpc) is 2.83. The molecule has 0 N–H and O–H groups in total. The summed E-state index contributed by atoms with van der Waals surface area (Å²) < 4.78 is 63.3. The second kappa shape index (κ2) is 7.38. The first-order valence-corrected chi connectivity index (χ1v) is 6.75. The Labute approximate surface area is 125 Å². The van der Waals surface area contributed by atoms with E-state index in [-0.39, 0.29) is 12.2 Å². The van der Waals surface area contributed by atoms with E-state index >= 15 is 0 Å². The first-order chi connectivity index (χ1) is 10.3. The molecule has 122 valence electrons. The van der Waals surface area contributed by atoms with E-state index in [4.69, 9.17) is 0 Å². The Morgan fingerprint density at radius 3 is 2.05 bits per heavy atom. The molecular formula is C15H17F5N2. The van der Waals surface area contributed by atoms with Crippen molar-refractivity contribution in [1.82, 2.24) is 9.55 Å². The molecule has 0 atom stereocenters. The number of benzene rings is 1. The van der Waals surface area contributed by atoms with Crippen molar-refractivity contribution in [3.8, 4) is 11.4 Å². The maximum Gasteiger partial charge on any atom is 0.434 e.